The van der Waals surface area contributed by atoms with E-state index in [0.717, 1.165) is 19.3 Å². The van der Waals surface area contributed by atoms with Crippen LogP contribution in [0.5, 0.6) is 0 Å². The van der Waals surface area contributed by atoms with Gasteiger partial charge in [0.2, 0.25) is 5.91 Å². The lowest BCUT2D eigenvalue weighted by Gasteiger charge is -2.35. The summed E-state index contributed by atoms with van der Waals surface area (Å²) in [5.74, 6) is 0.151. The average Bonchev–Trinajstić information content (AvgIpc) is 3.00. The van der Waals surface area contributed by atoms with Gasteiger partial charge in [0.05, 0.1) is 0 Å². The van der Waals surface area contributed by atoms with Gasteiger partial charge in [-0.3, -0.25) is 4.79 Å². The number of para-hydroxylation sites is 1. The monoisotopic (exact) mass is 327 g/mol. The maximum absolute atomic E-state index is 12.3. The summed E-state index contributed by atoms with van der Waals surface area (Å²) in [7, 11) is 0. The number of aromatic nitrogens is 1. The Morgan fingerprint density at radius 2 is 2.08 bits per heavy atom. The third-order valence-corrected chi connectivity index (χ3v) is 5.61. The number of H-pyrrole nitrogens is 1. The van der Waals surface area contributed by atoms with Gasteiger partial charge >= 0.3 is 0 Å². The fraction of sp³-hybridized carbons (Fsp3) is 0.550. The van der Waals surface area contributed by atoms with E-state index in [2.05, 4.69) is 41.6 Å². The third kappa shape index (κ3) is 3.64. The van der Waals surface area contributed by atoms with Gasteiger partial charge in [0.1, 0.15) is 0 Å². The largest absolute Gasteiger partial charge is 0.361 e. The van der Waals surface area contributed by atoms with Crippen LogP contribution in [0.15, 0.2) is 24.4 Å². The number of aryl methyl sites for hydroxylation is 1. The molecular weight excluding hydrogens is 298 g/mol. The number of hydrogen-bond acceptors (Lipinski definition) is 2. The molecule has 1 aliphatic rings. The van der Waals surface area contributed by atoms with Crippen molar-refractivity contribution in [3.8, 4) is 0 Å². The molecule has 1 aromatic carbocycles. The van der Waals surface area contributed by atoms with Gasteiger partial charge in [-0.1, -0.05) is 37.5 Å². The van der Waals surface area contributed by atoms with E-state index in [1.165, 1.54) is 41.3 Å². The molecule has 4 N–H and O–H groups in total. The minimum absolute atomic E-state index is 0.0419. The summed E-state index contributed by atoms with van der Waals surface area (Å²) in [4.78, 5) is 15.7. The van der Waals surface area contributed by atoms with Crippen LogP contribution < -0.4 is 11.1 Å². The molecular formula is C20H29N3O. The Morgan fingerprint density at radius 3 is 2.83 bits per heavy atom. The molecule has 0 atom stereocenters. The fourth-order valence-electron chi connectivity index (χ4n) is 4.07. The maximum atomic E-state index is 12.3. The molecule has 1 aliphatic carbocycles. The van der Waals surface area contributed by atoms with Gasteiger partial charge in [-0.15, -0.1) is 0 Å². The van der Waals surface area contributed by atoms with E-state index in [9.17, 15) is 4.79 Å². The van der Waals surface area contributed by atoms with Gasteiger partial charge in [0.25, 0.3) is 0 Å². The van der Waals surface area contributed by atoms with Gasteiger partial charge in [-0.05, 0) is 49.3 Å². The van der Waals surface area contributed by atoms with Gasteiger partial charge in [-0.25, -0.2) is 0 Å². The number of nitrogens with one attached hydrogen (secondary N) is 2. The van der Waals surface area contributed by atoms with Crippen LogP contribution in [0.3, 0.4) is 0 Å². The van der Waals surface area contributed by atoms with Crippen LogP contribution in [0.1, 0.15) is 49.7 Å². The van der Waals surface area contributed by atoms with Gasteiger partial charge < -0.3 is 16.0 Å². The predicted molar refractivity (Wildman–Crippen MR) is 98.9 cm³/mol. The molecule has 1 aromatic heterocycles. The molecule has 0 radical (unpaired) electrons. The Bertz CT molecular complexity index is 698. The topological polar surface area (TPSA) is 70.9 Å². The second-order valence-electron chi connectivity index (χ2n) is 7.35. The zero-order valence-corrected chi connectivity index (χ0v) is 14.7. The van der Waals surface area contributed by atoms with Crippen molar-refractivity contribution in [3.63, 3.8) is 0 Å². The number of benzene rings is 1. The first-order valence-electron chi connectivity index (χ1n) is 9.16. The quantitative estimate of drug-likeness (QED) is 0.760. The van der Waals surface area contributed by atoms with Crippen LogP contribution in [0.25, 0.3) is 10.9 Å². The molecule has 24 heavy (non-hydrogen) atoms. The van der Waals surface area contributed by atoms with Crippen molar-refractivity contribution in [3.05, 3.63) is 35.5 Å². The van der Waals surface area contributed by atoms with E-state index in [1.54, 1.807) is 0 Å². The Kier molecular flexibility index (Phi) is 5.24. The van der Waals surface area contributed by atoms with Crippen LogP contribution in [-0.4, -0.2) is 24.0 Å². The van der Waals surface area contributed by atoms with Crippen molar-refractivity contribution in [2.45, 2.75) is 51.9 Å². The first-order chi connectivity index (χ1) is 11.6. The minimum atomic E-state index is 0.0419. The highest BCUT2D eigenvalue weighted by atomic mass is 16.1. The summed E-state index contributed by atoms with van der Waals surface area (Å²) in [6.45, 7) is 3.42. The molecule has 0 unspecified atom stereocenters. The summed E-state index contributed by atoms with van der Waals surface area (Å²) in [6.07, 6.45) is 9.38. The smallest absolute Gasteiger partial charge is 0.220 e. The summed E-state index contributed by atoms with van der Waals surface area (Å²) in [6, 6.07) is 6.34. The molecule has 4 heteroatoms. The van der Waals surface area contributed by atoms with Gasteiger partial charge in [0.15, 0.2) is 0 Å². The van der Waals surface area contributed by atoms with E-state index in [0.29, 0.717) is 19.5 Å². The molecule has 1 amide bonds. The molecule has 0 aliphatic heterocycles. The number of fused-ring (bicyclic) bond motifs is 1. The van der Waals surface area contributed by atoms with Crippen molar-refractivity contribution in [2.24, 2.45) is 11.1 Å². The van der Waals surface area contributed by atoms with E-state index < -0.39 is 0 Å². The molecule has 2 aromatic rings. The fourth-order valence-corrected chi connectivity index (χ4v) is 4.07. The number of nitrogens with two attached hydrogens (primary N) is 1. The number of carbonyl (C=O) groups is 1. The summed E-state index contributed by atoms with van der Waals surface area (Å²) < 4.78 is 0. The number of aromatic amines is 1. The molecule has 0 spiro atoms. The lowest BCUT2D eigenvalue weighted by Crippen LogP contribution is -2.39. The molecule has 0 saturated heterocycles. The standard InChI is InChI=1S/C20H29N3O/c1-15-6-5-7-17-16(13-23-19(15)17)8-11-22-18(24)12-20(14-21)9-3-2-4-10-20/h5-7,13,23H,2-4,8-12,14,21H2,1H3,(H,22,24). The van der Waals surface area contributed by atoms with Gasteiger partial charge in [-0.2, -0.15) is 0 Å². The molecule has 1 heterocycles. The number of carbonyl (C=O) groups excluding carboxylic acids is 1. The number of rotatable bonds is 6. The van der Waals surface area contributed by atoms with Crippen molar-refractivity contribution in [2.75, 3.05) is 13.1 Å². The Labute approximate surface area is 144 Å². The Morgan fingerprint density at radius 1 is 1.29 bits per heavy atom. The van der Waals surface area contributed by atoms with E-state index in [4.69, 9.17) is 5.73 Å². The van der Waals surface area contributed by atoms with Crippen molar-refractivity contribution in [1.82, 2.24) is 10.3 Å². The first-order valence-corrected chi connectivity index (χ1v) is 9.16. The highest BCUT2D eigenvalue weighted by Gasteiger charge is 2.32. The van der Waals surface area contributed by atoms with Crippen molar-refractivity contribution < 1.29 is 4.79 Å². The molecule has 3 rings (SSSR count). The number of hydrogen-bond donors (Lipinski definition) is 3. The lowest BCUT2D eigenvalue weighted by atomic mass is 9.71. The molecule has 0 bridgehead atoms. The highest BCUT2D eigenvalue weighted by Crippen LogP contribution is 2.38. The van der Waals surface area contributed by atoms with Crippen LogP contribution in [0, 0.1) is 12.3 Å². The molecule has 4 nitrogen and oxygen atoms in total. The lowest BCUT2D eigenvalue weighted by molar-refractivity contribution is -0.123. The van der Waals surface area contributed by atoms with Crippen molar-refractivity contribution in [1.29, 1.82) is 0 Å². The zero-order chi connectivity index (χ0) is 17.0. The van der Waals surface area contributed by atoms with Crippen molar-refractivity contribution >= 4 is 16.8 Å². The highest BCUT2D eigenvalue weighted by molar-refractivity contribution is 5.86. The average molecular weight is 327 g/mol. The summed E-state index contributed by atoms with van der Waals surface area (Å²) in [5, 5.41) is 4.36. The number of amides is 1. The second-order valence-corrected chi connectivity index (χ2v) is 7.35. The van der Waals surface area contributed by atoms with E-state index in [-0.39, 0.29) is 11.3 Å². The molecule has 1 fully saturated rings. The van der Waals surface area contributed by atoms with Gasteiger partial charge in [0, 0.05) is 30.1 Å². The Hall–Kier alpha value is -1.81. The van der Waals surface area contributed by atoms with Crippen LogP contribution >= 0.6 is 0 Å². The zero-order valence-electron chi connectivity index (χ0n) is 14.7. The van der Waals surface area contributed by atoms with E-state index >= 15 is 0 Å². The predicted octanol–water partition coefficient (Wildman–Crippen LogP) is 3.43. The Balaban J connectivity index is 1.54. The second kappa shape index (κ2) is 7.39. The normalized spacial score (nSPS) is 17.1. The molecule has 1 saturated carbocycles. The van der Waals surface area contributed by atoms with Crippen LogP contribution in [0.2, 0.25) is 0 Å². The summed E-state index contributed by atoms with van der Waals surface area (Å²) >= 11 is 0. The maximum Gasteiger partial charge on any atom is 0.220 e. The molecule has 130 valence electrons. The first kappa shape index (κ1) is 17.0. The third-order valence-electron chi connectivity index (χ3n) is 5.61. The van der Waals surface area contributed by atoms with Crippen LogP contribution in [0.4, 0.5) is 0 Å². The SMILES string of the molecule is Cc1cccc2c(CCNC(=O)CC3(CN)CCCCC3)c[nH]c12. The summed E-state index contributed by atoms with van der Waals surface area (Å²) in [5.41, 5.74) is 9.74. The van der Waals surface area contributed by atoms with E-state index in [1.807, 2.05) is 0 Å². The van der Waals surface area contributed by atoms with Crippen LogP contribution in [-0.2, 0) is 11.2 Å². The minimum Gasteiger partial charge on any atom is -0.361 e.